The number of H-pyrrole nitrogens is 1. The van der Waals surface area contributed by atoms with Crippen LogP contribution in [-0.2, 0) is 30.4 Å². The minimum Gasteiger partial charge on any atom is -0.485 e. The van der Waals surface area contributed by atoms with Crippen LogP contribution in [0.2, 0.25) is 0 Å². The highest BCUT2D eigenvalue weighted by Crippen LogP contribution is 2.56. The van der Waals surface area contributed by atoms with Gasteiger partial charge in [0.15, 0.2) is 11.6 Å². The van der Waals surface area contributed by atoms with Crippen LogP contribution in [0.25, 0.3) is 39.0 Å². The van der Waals surface area contributed by atoms with Crippen LogP contribution in [0.3, 0.4) is 0 Å². The van der Waals surface area contributed by atoms with Crippen molar-refractivity contribution in [1.82, 2.24) is 48.3 Å². The van der Waals surface area contributed by atoms with E-state index >= 15 is 18.4 Å². The molecule has 344 valence electrons. The van der Waals surface area contributed by atoms with E-state index in [9.17, 15) is 4.79 Å². The van der Waals surface area contributed by atoms with Gasteiger partial charge in [0, 0.05) is 55.3 Å². The number of carbonyl (C=O) groups is 1. The van der Waals surface area contributed by atoms with Crippen molar-refractivity contribution in [3.63, 3.8) is 0 Å². The summed E-state index contributed by atoms with van der Waals surface area (Å²) in [5, 5.41) is 14.6. The van der Waals surface area contributed by atoms with Crippen molar-refractivity contribution >= 4 is 27.7 Å². The van der Waals surface area contributed by atoms with Crippen LogP contribution < -0.4 is 16.2 Å². The average molecular weight is 911 g/mol. The molecule has 1 saturated carbocycles. The van der Waals surface area contributed by atoms with E-state index < -0.39 is 28.8 Å². The first-order valence-corrected chi connectivity index (χ1v) is 22.7. The van der Waals surface area contributed by atoms with Gasteiger partial charge >= 0.3 is 11.4 Å². The van der Waals surface area contributed by atoms with Crippen LogP contribution in [0.15, 0.2) is 69.0 Å². The highest BCUT2D eigenvalue weighted by molar-refractivity contribution is 6.00. The van der Waals surface area contributed by atoms with Crippen LogP contribution in [-0.4, -0.2) is 73.0 Å². The number of nitrogens with zero attached hydrogens (tertiary/aromatic N) is 9. The summed E-state index contributed by atoms with van der Waals surface area (Å²) in [5.74, 6) is -0.828. The number of aromatic nitrogens is 9. The highest BCUT2D eigenvalue weighted by atomic mass is 19.1. The van der Waals surface area contributed by atoms with Crippen molar-refractivity contribution < 1.29 is 27.6 Å². The number of amides is 1. The van der Waals surface area contributed by atoms with Gasteiger partial charge in [-0.1, -0.05) is 18.1 Å². The topological polar surface area (TPSA) is 165 Å². The second-order valence-electron chi connectivity index (χ2n) is 19.5. The fourth-order valence-corrected chi connectivity index (χ4v) is 11.4. The molecule has 1 saturated heterocycles. The number of nitrogens with one attached hydrogen (secondary N) is 1. The number of aromatic amines is 1. The first-order valence-electron chi connectivity index (χ1n) is 22.7. The Morgan fingerprint density at radius 1 is 0.985 bits per heavy atom. The second-order valence-corrected chi connectivity index (χ2v) is 19.5. The van der Waals surface area contributed by atoms with E-state index in [4.69, 9.17) is 19.1 Å². The molecular formula is C49H48F2N10O6. The number of fused-ring (bicyclic) bond motifs is 6. The number of hydrogen-bond donors (Lipinski definition) is 1. The molecule has 67 heavy (non-hydrogen) atoms. The van der Waals surface area contributed by atoms with Crippen LogP contribution in [0.1, 0.15) is 109 Å². The summed E-state index contributed by atoms with van der Waals surface area (Å²) in [6, 6.07) is 12.7. The molecule has 8 aromatic rings. The molecule has 16 nitrogen and oxygen atoms in total. The number of rotatable bonds is 6. The standard InChI is InChI=1S/C49H48F2N10O6/c1-24-14-31(15-25(2)40(24)50)61-43(58-22-32-23-65-38-18-36-33(21-52-56(36)7)41(51)42(38)59(32)47(58)64)39-27(4)57(12-10-34(39)54-61)44(62)37-17-30-16-28(29-11-13-66-48(5,6)20-29)8-9-35(30)60(37)49(19-26(49)3)45-53-46(63)67-55-45/h8-9,14-18,21-22,26-27,29H,10-13,19-20,23H2,1-7H3,(H,53,55,63)/t26-,27-,29-,49-/m0/s1. The van der Waals surface area contributed by atoms with E-state index in [1.165, 1.54) is 15.3 Å². The lowest BCUT2D eigenvalue weighted by molar-refractivity contribution is -0.0592. The minimum absolute atomic E-state index is 0.00911. The first-order chi connectivity index (χ1) is 32.0. The molecule has 8 heterocycles. The molecule has 0 unspecified atom stereocenters. The molecule has 0 bridgehead atoms. The van der Waals surface area contributed by atoms with Crippen molar-refractivity contribution in [2.75, 3.05) is 13.2 Å². The molecular weight excluding hydrogens is 863 g/mol. The lowest BCUT2D eigenvalue weighted by atomic mass is 9.83. The Hall–Kier alpha value is -7.08. The van der Waals surface area contributed by atoms with Crippen LogP contribution >= 0.6 is 0 Å². The predicted molar refractivity (Wildman–Crippen MR) is 242 cm³/mol. The molecule has 3 aromatic carbocycles. The summed E-state index contributed by atoms with van der Waals surface area (Å²) in [7, 11) is 1.71. The summed E-state index contributed by atoms with van der Waals surface area (Å²) in [5.41, 5.74) is 4.09. The number of imidazole rings is 1. The minimum atomic E-state index is -0.868. The summed E-state index contributed by atoms with van der Waals surface area (Å²) in [4.78, 5) is 47.7. The van der Waals surface area contributed by atoms with Crippen molar-refractivity contribution in [2.24, 2.45) is 13.0 Å². The lowest BCUT2D eigenvalue weighted by Gasteiger charge is -2.35. The monoisotopic (exact) mass is 910 g/mol. The van der Waals surface area contributed by atoms with E-state index in [0.29, 0.717) is 76.1 Å². The first kappa shape index (κ1) is 41.4. The zero-order valence-corrected chi connectivity index (χ0v) is 38.1. The lowest BCUT2D eigenvalue weighted by Crippen LogP contribution is -2.41. The zero-order chi connectivity index (χ0) is 46.6. The third-order valence-corrected chi connectivity index (χ3v) is 14.8. The van der Waals surface area contributed by atoms with Gasteiger partial charge in [0.2, 0.25) is 0 Å². The fourth-order valence-electron chi connectivity index (χ4n) is 11.4. The molecule has 1 amide bonds. The third kappa shape index (κ3) is 5.96. The van der Waals surface area contributed by atoms with E-state index in [2.05, 4.69) is 54.2 Å². The third-order valence-electron chi connectivity index (χ3n) is 14.8. The Bertz CT molecular complexity index is 3520. The zero-order valence-electron chi connectivity index (χ0n) is 38.1. The van der Waals surface area contributed by atoms with E-state index in [1.54, 1.807) is 59.6 Å². The van der Waals surface area contributed by atoms with Crippen LogP contribution in [0.4, 0.5) is 8.78 Å². The van der Waals surface area contributed by atoms with Gasteiger partial charge in [0.05, 0.1) is 45.8 Å². The molecule has 1 N–H and O–H groups in total. The van der Waals surface area contributed by atoms with Crippen LogP contribution in [0, 0.1) is 31.4 Å². The summed E-state index contributed by atoms with van der Waals surface area (Å²) in [6.07, 6.45) is 5.69. The summed E-state index contributed by atoms with van der Waals surface area (Å²) in [6.45, 7) is 12.4. The van der Waals surface area contributed by atoms with Crippen LogP contribution in [0.5, 0.6) is 5.75 Å². The molecule has 18 heteroatoms. The number of benzene rings is 3. The van der Waals surface area contributed by atoms with Gasteiger partial charge < -0.3 is 18.9 Å². The molecule has 1 aliphatic carbocycles. The summed E-state index contributed by atoms with van der Waals surface area (Å²) >= 11 is 0. The van der Waals surface area contributed by atoms with Gasteiger partial charge in [0.1, 0.15) is 40.9 Å². The number of hydrogen-bond acceptors (Lipinski definition) is 9. The second kappa shape index (κ2) is 14.2. The number of ether oxygens (including phenoxy) is 2. The Kier molecular flexibility index (Phi) is 8.77. The van der Waals surface area contributed by atoms with Gasteiger partial charge in [-0.2, -0.15) is 10.2 Å². The van der Waals surface area contributed by atoms with E-state index in [-0.39, 0.29) is 59.1 Å². The average Bonchev–Trinajstić information content (AvgIpc) is 3.91. The molecule has 0 radical (unpaired) electrons. The van der Waals surface area contributed by atoms with E-state index in [1.807, 2.05) is 17.6 Å². The quantitative estimate of drug-likeness (QED) is 0.180. The molecule has 2 fully saturated rings. The van der Waals surface area contributed by atoms with Crippen molar-refractivity contribution in [2.45, 2.75) is 96.9 Å². The van der Waals surface area contributed by atoms with Crippen molar-refractivity contribution in [3.05, 3.63) is 133 Å². The van der Waals surface area contributed by atoms with Crippen molar-refractivity contribution in [1.29, 1.82) is 0 Å². The Balaban J connectivity index is 1.02. The molecule has 4 atom stereocenters. The van der Waals surface area contributed by atoms with Gasteiger partial charge in [-0.3, -0.25) is 28.1 Å². The number of aryl methyl sites for hydroxylation is 3. The predicted octanol–water partition coefficient (Wildman–Crippen LogP) is 7.33. The van der Waals surface area contributed by atoms with Gasteiger partial charge in [0.25, 0.3) is 5.91 Å². The molecule has 3 aliphatic heterocycles. The largest absolute Gasteiger partial charge is 0.485 e. The smallest absolute Gasteiger partial charge is 0.438 e. The summed E-state index contributed by atoms with van der Waals surface area (Å²) < 4.78 is 56.9. The maximum Gasteiger partial charge on any atom is 0.438 e. The molecule has 12 rings (SSSR count). The normalized spacial score (nSPS) is 21.9. The Morgan fingerprint density at radius 3 is 2.48 bits per heavy atom. The van der Waals surface area contributed by atoms with Crippen molar-refractivity contribution in [3.8, 4) is 22.9 Å². The van der Waals surface area contributed by atoms with E-state index in [0.717, 1.165) is 29.3 Å². The maximum atomic E-state index is 16.5. The molecule has 0 spiro atoms. The van der Waals surface area contributed by atoms with Gasteiger partial charge in [-0.25, -0.2) is 23.1 Å². The number of halogens is 2. The maximum absolute atomic E-state index is 16.5. The Labute approximate surface area is 381 Å². The molecule has 4 aliphatic rings. The Morgan fingerprint density at radius 2 is 1.76 bits per heavy atom. The highest BCUT2D eigenvalue weighted by Gasteiger charge is 2.59. The SMILES string of the molecule is Cc1cc(-n2nc3c(c2-n2cc4n(c2=O)-c2c(cc5c(cnn5C)c2F)OC4)[C@H](C)N(C(=O)c2cc4cc([C@H]5CCOC(C)(C)C5)ccc4n2[C@@]2(c4noc(=O)[nH]4)C[C@@H]2C)CC3)cc(C)c1F. The van der Waals surface area contributed by atoms with Gasteiger partial charge in [-0.15, -0.1) is 0 Å². The van der Waals surface area contributed by atoms with Gasteiger partial charge in [-0.05, 0) is 113 Å². The fraction of sp³-hybridized carbons (Fsp3) is 0.388. The number of carbonyl (C=O) groups excluding carboxylic acids is 1. The molecule has 5 aromatic heterocycles.